The first-order valence-corrected chi connectivity index (χ1v) is 9.85. The largest absolute Gasteiger partial charge is 0.444 e. The molecule has 1 fully saturated rings. The van der Waals surface area contributed by atoms with Crippen LogP contribution in [0.25, 0.3) is 22.0 Å². The third-order valence-electron chi connectivity index (χ3n) is 5.10. The van der Waals surface area contributed by atoms with E-state index < -0.39 is 5.60 Å². The zero-order valence-corrected chi connectivity index (χ0v) is 17.0. The number of imidazole rings is 1. The molecule has 1 aromatic heterocycles. The Morgan fingerprint density at radius 2 is 1.93 bits per heavy atom. The van der Waals surface area contributed by atoms with Crippen LogP contribution < -0.4 is 0 Å². The van der Waals surface area contributed by atoms with E-state index in [0.29, 0.717) is 6.54 Å². The van der Waals surface area contributed by atoms with Crippen molar-refractivity contribution in [2.24, 2.45) is 0 Å². The highest BCUT2D eigenvalue weighted by Crippen LogP contribution is 2.33. The maximum absolute atomic E-state index is 12.6. The summed E-state index contributed by atoms with van der Waals surface area (Å²) in [6, 6.07) is 12.8. The van der Waals surface area contributed by atoms with Crippen LogP contribution in [0, 0.1) is 6.92 Å². The Hall–Kier alpha value is -2.82. The van der Waals surface area contributed by atoms with Gasteiger partial charge in [0.25, 0.3) is 0 Å². The van der Waals surface area contributed by atoms with E-state index >= 15 is 0 Å². The lowest BCUT2D eigenvalue weighted by Gasteiger charge is -2.27. The van der Waals surface area contributed by atoms with Gasteiger partial charge in [0.1, 0.15) is 11.4 Å². The summed E-state index contributed by atoms with van der Waals surface area (Å²) in [7, 11) is 0. The number of ether oxygens (including phenoxy) is 1. The van der Waals surface area contributed by atoms with Gasteiger partial charge in [-0.15, -0.1) is 0 Å². The molecular weight excluding hydrogens is 350 g/mol. The normalized spacial score (nSPS) is 17.3. The molecule has 2 heterocycles. The molecule has 0 radical (unpaired) electrons. The van der Waals surface area contributed by atoms with Gasteiger partial charge in [-0.1, -0.05) is 35.9 Å². The van der Waals surface area contributed by atoms with Gasteiger partial charge in [0.05, 0.1) is 17.9 Å². The van der Waals surface area contributed by atoms with Crippen LogP contribution >= 0.6 is 0 Å². The third-order valence-corrected chi connectivity index (χ3v) is 5.10. The van der Waals surface area contributed by atoms with E-state index in [0.717, 1.165) is 29.9 Å². The summed E-state index contributed by atoms with van der Waals surface area (Å²) < 4.78 is 5.57. The summed E-state index contributed by atoms with van der Waals surface area (Å²) in [5.41, 5.74) is 2.82. The summed E-state index contributed by atoms with van der Waals surface area (Å²) >= 11 is 0. The van der Waals surface area contributed by atoms with Crippen LogP contribution in [-0.2, 0) is 4.74 Å². The van der Waals surface area contributed by atoms with Gasteiger partial charge in [0, 0.05) is 12.1 Å². The van der Waals surface area contributed by atoms with Crippen LogP contribution in [0.4, 0.5) is 4.79 Å². The molecule has 2 aromatic carbocycles. The number of nitrogens with one attached hydrogen (secondary N) is 1. The lowest BCUT2D eigenvalue weighted by atomic mass is 10.0. The minimum Gasteiger partial charge on any atom is -0.444 e. The standard InChI is InChI=1S/C23H27N3O2/c1-15-7-8-17-13-18(10-9-16(17)12-15)19-14-24-21(25-19)20-6-5-11-26(20)22(27)28-23(2,3)4/h7-10,12-14,20H,5-6,11H2,1-4H3,(H,24,25). The quantitative estimate of drug-likeness (QED) is 0.631. The topological polar surface area (TPSA) is 58.2 Å². The predicted molar refractivity (Wildman–Crippen MR) is 111 cm³/mol. The molecule has 0 saturated carbocycles. The van der Waals surface area contributed by atoms with E-state index in [-0.39, 0.29) is 12.1 Å². The highest BCUT2D eigenvalue weighted by molar-refractivity contribution is 5.87. The highest BCUT2D eigenvalue weighted by Gasteiger charge is 2.34. The maximum Gasteiger partial charge on any atom is 0.410 e. The van der Waals surface area contributed by atoms with E-state index in [4.69, 9.17) is 4.74 Å². The van der Waals surface area contributed by atoms with E-state index in [1.807, 2.05) is 27.0 Å². The van der Waals surface area contributed by atoms with Gasteiger partial charge in [-0.3, -0.25) is 4.90 Å². The smallest absolute Gasteiger partial charge is 0.410 e. The molecule has 4 rings (SSSR count). The Labute approximate surface area is 165 Å². The van der Waals surface area contributed by atoms with E-state index in [1.54, 1.807) is 4.90 Å². The van der Waals surface area contributed by atoms with E-state index in [1.165, 1.54) is 16.3 Å². The molecule has 0 bridgehead atoms. The van der Waals surface area contributed by atoms with Crippen LogP contribution in [0.15, 0.2) is 42.6 Å². The summed E-state index contributed by atoms with van der Waals surface area (Å²) in [6.07, 6.45) is 3.43. The minimum absolute atomic E-state index is 0.0632. The number of benzene rings is 2. The fourth-order valence-corrected chi connectivity index (χ4v) is 3.78. The number of carbonyl (C=O) groups excluding carboxylic acids is 1. The number of nitrogens with zero attached hydrogens (tertiary/aromatic N) is 2. The zero-order chi connectivity index (χ0) is 19.9. The molecule has 1 amide bonds. The molecule has 1 unspecified atom stereocenters. The molecule has 1 aliphatic rings. The fourth-order valence-electron chi connectivity index (χ4n) is 3.78. The van der Waals surface area contributed by atoms with E-state index in [9.17, 15) is 4.79 Å². The van der Waals surface area contributed by atoms with Crippen LogP contribution in [-0.4, -0.2) is 33.1 Å². The molecule has 1 atom stereocenters. The van der Waals surface area contributed by atoms with Crippen molar-refractivity contribution in [1.82, 2.24) is 14.9 Å². The maximum atomic E-state index is 12.6. The Balaban J connectivity index is 1.58. The number of aromatic nitrogens is 2. The second-order valence-electron chi connectivity index (χ2n) is 8.58. The molecule has 1 aliphatic heterocycles. The van der Waals surface area contributed by atoms with Gasteiger partial charge in [-0.05, 0) is 57.4 Å². The fraction of sp³-hybridized carbons (Fsp3) is 0.391. The summed E-state index contributed by atoms with van der Waals surface area (Å²) in [6.45, 7) is 8.48. The number of carbonyl (C=O) groups is 1. The van der Waals surface area contributed by atoms with Gasteiger partial charge in [-0.2, -0.15) is 0 Å². The second kappa shape index (κ2) is 6.97. The molecule has 5 heteroatoms. The third kappa shape index (κ3) is 3.75. The molecule has 3 aromatic rings. The van der Waals surface area contributed by atoms with Crippen molar-refractivity contribution in [2.75, 3.05) is 6.54 Å². The van der Waals surface area contributed by atoms with Crippen molar-refractivity contribution in [3.05, 3.63) is 54.0 Å². The molecule has 0 spiro atoms. The van der Waals surface area contributed by atoms with Gasteiger partial charge in [-0.25, -0.2) is 9.78 Å². The molecule has 5 nitrogen and oxygen atoms in total. The SMILES string of the molecule is Cc1ccc2cc(-c3cnc(C4CCCN4C(=O)OC(C)(C)C)[nH]3)ccc2c1. The van der Waals surface area contributed by atoms with Crippen molar-refractivity contribution in [3.63, 3.8) is 0 Å². The Kier molecular flexibility index (Phi) is 4.61. The lowest BCUT2D eigenvalue weighted by Crippen LogP contribution is -2.36. The van der Waals surface area contributed by atoms with Crippen LogP contribution in [0.5, 0.6) is 0 Å². The van der Waals surface area contributed by atoms with Crippen molar-refractivity contribution in [3.8, 4) is 11.3 Å². The number of amides is 1. The molecule has 1 saturated heterocycles. The first kappa shape index (κ1) is 18.5. The van der Waals surface area contributed by atoms with Crippen LogP contribution in [0.3, 0.4) is 0 Å². The molecule has 28 heavy (non-hydrogen) atoms. The minimum atomic E-state index is -0.498. The zero-order valence-electron chi connectivity index (χ0n) is 17.0. The molecule has 146 valence electrons. The number of rotatable bonds is 2. The molecule has 1 N–H and O–H groups in total. The van der Waals surface area contributed by atoms with Crippen molar-refractivity contribution < 1.29 is 9.53 Å². The van der Waals surface area contributed by atoms with Crippen molar-refractivity contribution >= 4 is 16.9 Å². The Morgan fingerprint density at radius 3 is 2.71 bits per heavy atom. The number of hydrogen-bond acceptors (Lipinski definition) is 3. The molecule has 0 aliphatic carbocycles. The Morgan fingerprint density at radius 1 is 1.18 bits per heavy atom. The van der Waals surface area contributed by atoms with E-state index in [2.05, 4.69) is 53.3 Å². The average molecular weight is 377 g/mol. The number of H-pyrrole nitrogens is 1. The lowest BCUT2D eigenvalue weighted by molar-refractivity contribution is 0.0219. The van der Waals surface area contributed by atoms with Crippen LogP contribution in [0.2, 0.25) is 0 Å². The molecular formula is C23H27N3O2. The predicted octanol–water partition coefficient (Wildman–Crippen LogP) is 5.61. The van der Waals surface area contributed by atoms with Gasteiger partial charge >= 0.3 is 6.09 Å². The Bertz CT molecular complexity index is 1020. The first-order valence-electron chi connectivity index (χ1n) is 9.85. The first-order chi connectivity index (χ1) is 13.3. The average Bonchev–Trinajstić information content (AvgIpc) is 3.29. The van der Waals surface area contributed by atoms with Crippen molar-refractivity contribution in [2.45, 2.75) is 52.2 Å². The summed E-state index contributed by atoms with van der Waals surface area (Å²) in [5.74, 6) is 0.822. The number of hydrogen-bond donors (Lipinski definition) is 1. The number of aryl methyl sites for hydroxylation is 1. The number of likely N-dealkylation sites (tertiary alicyclic amines) is 1. The van der Waals surface area contributed by atoms with Crippen molar-refractivity contribution in [1.29, 1.82) is 0 Å². The summed E-state index contributed by atoms with van der Waals surface area (Å²) in [5, 5.41) is 2.44. The second-order valence-corrected chi connectivity index (χ2v) is 8.58. The monoisotopic (exact) mass is 377 g/mol. The van der Waals surface area contributed by atoms with Gasteiger partial charge < -0.3 is 9.72 Å². The van der Waals surface area contributed by atoms with Gasteiger partial charge in [0.2, 0.25) is 0 Å². The number of aromatic amines is 1. The van der Waals surface area contributed by atoms with Gasteiger partial charge in [0.15, 0.2) is 0 Å². The summed E-state index contributed by atoms with van der Waals surface area (Å²) in [4.78, 5) is 22.4. The highest BCUT2D eigenvalue weighted by atomic mass is 16.6. The van der Waals surface area contributed by atoms with Crippen LogP contribution in [0.1, 0.15) is 51.0 Å². The number of fused-ring (bicyclic) bond motifs is 1.